The molecular weight excluding hydrogens is 152 g/mol. The predicted octanol–water partition coefficient (Wildman–Crippen LogP) is 0.398. The van der Waals surface area contributed by atoms with Gasteiger partial charge in [0.15, 0.2) is 0 Å². The van der Waals surface area contributed by atoms with Gasteiger partial charge < -0.3 is 10.5 Å². The highest BCUT2D eigenvalue weighted by Crippen LogP contribution is 2.03. The summed E-state index contributed by atoms with van der Waals surface area (Å²) in [6.07, 6.45) is 5.05. The van der Waals surface area contributed by atoms with E-state index in [0.717, 1.165) is 11.8 Å². The largest absolute Gasteiger partial charge is 0.330 e. The molecule has 1 aromatic rings. The van der Waals surface area contributed by atoms with E-state index in [2.05, 4.69) is 4.98 Å². The first-order chi connectivity index (χ1) is 5.86. The quantitative estimate of drug-likeness (QED) is 0.655. The van der Waals surface area contributed by atoms with Gasteiger partial charge in [0.05, 0.1) is 0 Å². The number of hydrogen-bond acceptors (Lipinski definition) is 3. The van der Waals surface area contributed by atoms with Crippen molar-refractivity contribution in [2.75, 3.05) is 6.54 Å². The maximum Gasteiger partial charge on any atom is 0.124 e. The van der Waals surface area contributed by atoms with E-state index in [0.29, 0.717) is 13.0 Å². The molecule has 0 aliphatic rings. The lowest BCUT2D eigenvalue weighted by Crippen LogP contribution is -2.17. The number of rotatable bonds is 4. The summed E-state index contributed by atoms with van der Waals surface area (Å²) in [5.41, 5.74) is 6.49. The SMILES string of the molecule is NCC(C=O)Cc1ccncc1. The molecule has 64 valence electrons. The number of aldehydes is 1. The van der Waals surface area contributed by atoms with Crippen LogP contribution in [-0.2, 0) is 11.2 Å². The first-order valence-corrected chi connectivity index (χ1v) is 3.91. The summed E-state index contributed by atoms with van der Waals surface area (Å²) in [4.78, 5) is 14.3. The Bertz CT molecular complexity index is 236. The minimum Gasteiger partial charge on any atom is -0.330 e. The van der Waals surface area contributed by atoms with Gasteiger partial charge in [-0.15, -0.1) is 0 Å². The molecule has 3 heteroatoms. The highest BCUT2D eigenvalue weighted by molar-refractivity contribution is 5.54. The summed E-state index contributed by atoms with van der Waals surface area (Å²) < 4.78 is 0. The number of carbonyl (C=O) groups is 1. The lowest BCUT2D eigenvalue weighted by molar-refractivity contribution is -0.110. The number of pyridine rings is 1. The third-order valence-electron chi connectivity index (χ3n) is 1.74. The fourth-order valence-corrected chi connectivity index (χ4v) is 1.01. The third-order valence-corrected chi connectivity index (χ3v) is 1.74. The van der Waals surface area contributed by atoms with E-state index in [4.69, 9.17) is 5.73 Å². The molecule has 0 fully saturated rings. The lowest BCUT2D eigenvalue weighted by atomic mass is 10.0. The molecule has 12 heavy (non-hydrogen) atoms. The number of aromatic nitrogens is 1. The molecule has 1 atom stereocenters. The maximum atomic E-state index is 10.4. The standard InChI is InChI=1S/C9H12N2O/c10-6-9(7-12)5-8-1-3-11-4-2-8/h1-4,7,9H,5-6,10H2. The molecule has 1 heterocycles. The first kappa shape index (κ1) is 8.87. The molecule has 0 aliphatic carbocycles. The van der Waals surface area contributed by atoms with Crippen LogP contribution in [0.15, 0.2) is 24.5 Å². The molecule has 0 aliphatic heterocycles. The highest BCUT2D eigenvalue weighted by Gasteiger charge is 2.04. The minimum atomic E-state index is -0.0626. The molecule has 2 N–H and O–H groups in total. The van der Waals surface area contributed by atoms with E-state index < -0.39 is 0 Å². The molecule has 1 aromatic heterocycles. The Balaban J connectivity index is 2.56. The summed E-state index contributed by atoms with van der Waals surface area (Å²) in [5, 5.41) is 0. The van der Waals surface area contributed by atoms with Gasteiger partial charge in [0.25, 0.3) is 0 Å². The van der Waals surface area contributed by atoms with Crippen LogP contribution in [0.4, 0.5) is 0 Å². The average Bonchev–Trinajstić information content (AvgIpc) is 2.16. The van der Waals surface area contributed by atoms with Crippen LogP contribution in [0.25, 0.3) is 0 Å². The van der Waals surface area contributed by atoms with Crippen molar-refractivity contribution in [3.05, 3.63) is 30.1 Å². The van der Waals surface area contributed by atoms with E-state index in [9.17, 15) is 4.79 Å². The molecule has 0 bridgehead atoms. The highest BCUT2D eigenvalue weighted by atomic mass is 16.1. The molecule has 1 rings (SSSR count). The summed E-state index contributed by atoms with van der Waals surface area (Å²) in [5.74, 6) is -0.0626. The Morgan fingerprint density at radius 2 is 2.17 bits per heavy atom. The van der Waals surface area contributed by atoms with Crippen LogP contribution >= 0.6 is 0 Å². The maximum absolute atomic E-state index is 10.4. The van der Waals surface area contributed by atoms with Crippen molar-refractivity contribution in [1.29, 1.82) is 0 Å². The molecule has 1 unspecified atom stereocenters. The molecular formula is C9H12N2O. The number of nitrogens with two attached hydrogens (primary N) is 1. The smallest absolute Gasteiger partial charge is 0.124 e. The van der Waals surface area contributed by atoms with Crippen molar-refractivity contribution in [2.24, 2.45) is 11.7 Å². The van der Waals surface area contributed by atoms with Gasteiger partial charge in [0, 0.05) is 24.9 Å². The van der Waals surface area contributed by atoms with Gasteiger partial charge in [-0.2, -0.15) is 0 Å². The van der Waals surface area contributed by atoms with Crippen molar-refractivity contribution >= 4 is 6.29 Å². The van der Waals surface area contributed by atoms with Crippen molar-refractivity contribution < 1.29 is 4.79 Å². The number of hydrogen-bond donors (Lipinski definition) is 1. The van der Waals surface area contributed by atoms with Gasteiger partial charge in [-0.25, -0.2) is 0 Å². The Kier molecular flexibility index (Phi) is 3.41. The van der Waals surface area contributed by atoms with Gasteiger partial charge in [-0.3, -0.25) is 4.98 Å². The Morgan fingerprint density at radius 1 is 1.50 bits per heavy atom. The van der Waals surface area contributed by atoms with Crippen molar-refractivity contribution in [3.8, 4) is 0 Å². The van der Waals surface area contributed by atoms with E-state index in [1.54, 1.807) is 12.4 Å². The van der Waals surface area contributed by atoms with Gasteiger partial charge in [0.1, 0.15) is 6.29 Å². The minimum absolute atomic E-state index is 0.0626. The van der Waals surface area contributed by atoms with Crippen LogP contribution in [0.2, 0.25) is 0 Å². The molecule has 0 saturated carbocycles. The lowest BCUT2D eigenvalue weighted by Gasteiger charge is -2.05. The van der Waals surface area contributed by atoms with Gasteiger partial charge >= 0.3 is 0 Å². The molecule has 3 nitrogen and oxygen atoms in total. The van der Waals surface area contributed by atoms with E-state index in [1.165, 1.54) is 0 Å². The second-order valence-electron chi connectivity index (χ2n) is 2.69. The summed E-state index contributed by atoms with van der Waals surface area (Å²) >= 11 is 0. The first-order valence-electron chi connectivity index (χ1n) is 3.91. The van der Waals surface area contributed by atoms with E-state index in [-0.39, 0.29) is 5.92 Å². The van der Waals surface area contributed by atoms with Gasteiger partial charge in [0.2, 0.25) is 0 Å². The topological polar surface area (TPSA) is 56.0 Å². The molecule has 0 spiro atoms. The fraction of sp³-hybridized carbons (Fsp3) is 0.333. The number of carbonyl (C=O) groups excluding carboxylic acids is 1. The monoisotopic (exact) mass is 164 g/mol. The second kappa shape index (κ2) is 4.62. The second-order valence-corrected chi connectivity index (χ2v) is 2.69. The Hall–Kier alpha value is -1.22. The summed E-state index contributed by atoms with van der Waals surface area (Å²) in [7, 11) is 0. The van der Waals surface area contributed by atoms with Crippen molar-refractivity contribution in [3.63, 3.8) is 0 Å². The average molecular weight is 164 g/mol. The van der Waals surface area contributed by atoms with E-state index >= 15 is 0 Å². The normalized spacial score (nSPS) is 12.4. The van der Waals surface area contributed by atoms with Crippen LogP contribution in [0.5, 0.6) is 0 Å². The Labute approximate surface area is 71.6 Å². The van der Waals surface area contributed by atoms with Gasteiger partial charge in [-0.05, 0) is 24.1 Å². The molecule has 0 amide bonds. The summed E-state index contributed by atoms with van der Waals surface area (Å²) in [6, 6.07) is 3.79. The Morgan fingerprint density at radius 3 is 2.67 bits per heavy atom. The van der Waals surface area contributed by atoms with Crippen LogP contribution in [0.3, 0.4) is 0 Å². The zero-order valence-corrected chi connectivity index (χ0v) is 6.81. The zero-order valence-electron chi connectivity index (χ0n) is 6.81. The summed E-state index contributed by atoms with van der Waals surface area (Å²) in [6.45, 7) is 0.409. The molecule has 0 aromatic carbocycles. The molecule has 0 radical (unpaired) electrons. The van der Waals surface area contributed by atoms with Crippen LogP contribution < -0.4 is 5.73 Å². The fourth-order valence-electron chi connectivity index (χ4n) is 1.01. The van der Waals surface area contributed by atoms with Crippen molar-refractivity contribution in [2.45, 2.75) is 6.42 Å². The van der Waals surface area contributed by atoms with Crippen LogP contribution in [-0.4, -0.2) is 17.8 Å². The van der Waals surface area contributed by atoms with Crippen LogP contribution in [0, 0.1) is 5.92 Å². The van der Waals surface area contributed by atoms with Crippen molar-refractivity contribution in [1.82, 2.24) is 4.98 Å². The number of nitrogens with zero attached hydrogens (tertiary/aromatic N) is 1. The molecule has 0 saturated heterocycles. The third kappa shape index (κ3) is 2.43. The van der Waals surface area contributed by atoms with Crippen LogP contribution in [0.1, 0.15) is 5.56 Å². The van der Waals surface area contributed by atoms with Gasteiger partial charge in [-0.1, -0.05) is 0 Å². The van der Waals surface area contributed by atoms with E-state index in [1.807, 2.05) is 12.1 Å². The predicted molar refractivity (Wildman–Crippen MR) is 46.5 cm³/mol. The zero-order chi connectivity index (χ0) is 8.81.